The van der Waals surface area contributed by atoms with Crippen LogP contribution in [-0.4, -0.2) is 59.4 Å². The number of hydrogen-bond donors (Lipinski definition) is 1. The quantitative estimate of drug-likeness (QED) is 0.755. The molecule has 2 aliphatic heterocycles. The van der Waals surface area contributed by atoms with E-state index in [1.807, 2.05) is 12.4 Å². The topological polar surface area (TPSA) is 61.7 Å². The molecule has 0 amide bonds. The first-order chi connectivity index (χ1) is 14.5. The van der Waals surface area contributed by atoms with Gasteiger partial charge < -0.3 is 14.7 Å². The van der Waals surface area contributed by atoms with Crippen molar-refractivity contribution in [1.82, 2.24) is 14.9 Å². The van der Waals surface area contributed by atoms with Crippen LogP contribution < -0.4 is 9.64 Å². The van der Waals surface area contributed by atoms with E-state index in [2.05, 4.69) is 58.7 Å². The lowest BCUT2D eigenvalue weighted by molar-refractivity contribution is 0.197. The Hall–Kier alpha value is -2.18. The molecule has 2 aromatic rings. The molecule has 0 radical (unpaired) electrons. The second-order valence-corrected chi connectivity index (χ2v) is 9.15. The molecule has 0 saturated carbocycles. The number of ether oxygens (including phenoxy) is 1. The van der Waals surface area contributed by atoms with Gasteiger partial charge in [-0.15, -0.1) is 0 Å². The van der Waals surface area contributed by atoms with Crippen molar-refractivity contribution in [3.63, 3.8) is 0 Å². The van der Waals surface area contributed by atoms with E-state index < -0.39 is 0 Å². The highest BCUT2D eigenvalue weighted by molar-refractivity contribution is 5.41. The third-order valence-corrected chi connectivity index (χ3v) is 6.73. The molecule has 1 aromatic heterocycles. The number of rotatable bonds is 7. The van der Waals surface area contributed by atoms with Gasteiger partial charge in [0.2, 0.25) is 5.95 Å². The number of nitrogens with zero attached hydrogens (tertiary/aromatic N) is 4. The maximum atomic E-state index is 9.12. The number of hydrogen-bond acceptors (Lipinski definition) is 6. The predicted octanol–water partition coefficient (Wildman–Crippen LogP) is 3.34. The summed E-state index contributed by atoms with van der Waals surface area (Å²) in [5.74, 6) is 1.88. The summed E-state index contributed by atoms with van der Waals surface area (Å²) in [5, 5.41) is 9.12. The smallest absolute Gasteiger partial charge is 0.225 e. The van der Waals surface area contributed by atoms with Gasteiger partial charge in [-0.25, -0.2) is 9.97 Å². The Labute approximate surface area is 179 Å². The van der Waals surface area contributed by atoms with Gasteiger partial charge in [-0.1, -0.05) is 26.0 Å². The molecular weight excluding hydrogens is 376 g/mol. The highest BCUT2D eigenvalue weighted by Crippen LogP contribution is 2.31. The summed E-state index contributed by atoms with van der Waals surface area (Å²) in [6.45, 7) is 11.5. The number of aliphatic hydroxyl groups is 1. The molecule has 30 heavy (non-hydrogen) atoms. The van der Waals surface area contributed by atoms with E-state index in [9.17, 15) is 0 Å². The van der Waals surface area contributed by atoms with Crippen molar-refractivity contribution in [3.8, 4) is 5.75 Å². The van der Waals surface area contributed by atoms with Crippen LogP contribution in [0.4, 0.5) is 5.95 Å². The molecule has 1 fully saturated rings. The average Bonchev–Trinajstić information content (AvgIpc) is 3.25. The van der Waals surface area contributed by atoms with Gasteiger partial charge in [0.25, 0.3) is 0 Å². The Morgan fingerprint density at radius 1 is 1.13 bits per heavy atom. The Kier molecular flexibility index (Phi) is 6.25. The summed E-state index contributed by atoms with van der Waals surface area (Å²) in [6.07, 6.45) is 6.67. The first-order valence-corrected chi connectivity index (χ1v) is 11.2. The van der Waals surface area contributed by atoms with Crippen molar-refractivity contribution in [2.45, 2.75) is 51.5 Å². The summed E-state index contributed by atoms with van der Waals surface area (Å²) >= 11 is 0. The third-order valence-electron chi connectivity index (χ3n) is 6.73. The molecule has 1 aromatic carbocycles. The maximum absolute atomic E-state index is 9.12. The average molecular weight is 411 g/mol. The lowest BCUT2D eigenvalue weighted by Crippen LogP contribution is -2.47. The normalized spacial score (nSPS) is 18.2. The van der Waals surface area contributed by atoms with Crippen molar-refractivity contribution in [1.29, 1.82) is 0 Å². The van der Waals surface area contributed by atoms with E-state index in [4.69, 9.17) is 9.84 Å². The van der Waals surface area contributed by atoms with Gasteiger partial charge in [0.05, 0.1) is 6.61 Å². The van der Waals surface area contributed by atoms with E-state index in [0.717, 1.165) is 69.3 Å². The number of aromatic nitrogens is 2. The van der Waals surface area contributed by atoms with Gasteiger partial charge in [0.15, 0.2) is 0 Å². The van der Waals surface area contributed by atoms with Crippen LogP contribution in [0.1, 0.15) is 56.3 Å². The molecule has 2 aliphatic rings. The monoisotopic (exact) mass is 410 g/mol. The van der Waals surface area contributed by atoms with E-state index in [0.29, 0.717) is 6.04 Å². The van der Waals surface area contributed by atoms with Crippen LogP contribution in [0, 0.1) is 0 Å². The Bertz CT molecular complexity index is 845. The van der Waals surface area contributed by atoms with Crippen molar-refractivity contribution in [3.05, 3.63) is 47.3 Å². The highest BCUT2D eigenvalue weighted by Gasteiger charge is 2.26. The number of piperazine rings is 1. The Morgan fingerprint density at radius 2 is 1.87 bits per heavy atom. The van der Waals surface area contributed by atoms with E-state index >= 15 is 0 Å². The minimum Gasteiger partial charge on any atom is -0.493 e. The van der Waals surface area contributed by atoms with E-state index in [-0.39, 0.29) is 12.0 Å². The minimum absolute atomic E-state index is 0.0189. The zero-order valence-corrected chi connectivity index (χ0v) is 18.5. The fourth-order valence-electron chi connectivity index (χ4n) is 4.46. The number of benzene rings is 1. The van der Waals surface area contributed by atoms with Crippen LogP contribution in [0.15, 0.2) is 30.6 Å². The lowest BCUT2D eigenvalue weighted by Gasteiger charge is -2.38. The lowest BCUT2D eigenvalue weighted by atomic mass is 9.82. The first kappa shape index (κ1) is 21.1. The van der Waals surface area contributed by atoms with Gasteiger partial charge in [0.1, 0.15) is 5.75 Å². The Morgan fingerprint density at radius 3 is 2.57 bits per heavy atom. The molecule has 0 bridgehead atoms. The fourth-order valence-corrected chi connectivity index (χ4v) is 4.46. The van der Waals surface area contributed by atoms with Crippen molar-refractivity contribution < 1.29 is 9.84 Å². The zero-order chi connectivity index (χ0) is 21.1. The van der Waals surface area contributed by atoms with Crippen LogP contribution in [0.25, 0.3) is 0 Å². The summed E-state index contributed by atoms with van der Waals surface area (Å²) in [6, 6.07) is 7.07. The third kappa shape index (κ3) is 4.44. The molecule has 1 unspecified atom stereocenters. The predicted molar refractivity (Wildman–Crippen MR) is 119 cm³/mol. The van der Waals surface area contributed by atoms with Crippen LogP contribution in [0.2, 0.25) is 0 Å². The summed E-state index contributed by atoms with van der Waals surface area (Å²) in [7, 11) is 0. The molecule has 1 atom stereocenters. The number of aliphatic hydroxyl groups excluding tert-OH is 1. The van der Waals surface area contributed by atoms with Gasteiger partial charge in [0, 0.05) is 57.6 Å². The van der Waals surface area contributed by atoms with E-state index in [1.165, 1.54) is 11.1 Å². The van der Waals surface area contributed by atoms with Gasteiger partial charge in [-0.2, -0.15) is 0 Å². The fraction of sp³-hybridized carbons (Fsp3) is 0.583. The van der Waals surface area contributed by atoms with Gasteiger partial charge in [-0.3, -0.25) is 4.90 Å². The summed E-state index contributed by atoms with van der Waals surface area (Å²) in [5.41, 5.74) is 3.77. The molecule has 6 nitrogen and oxygen atoms in total. The summed E-state index contributed by atoms with van der Waals surface area (Å²) in [4.78, 5) is 14.1. The molecule has 4 rings (SSSR count). The SMILES string of the molecule is CC(c1ccc2c(c1)OCC2)N1CCN(c2ncc(C(C)(C)CCCO)cn2)CC1. The maximum Gasteiger partial charge on any atom is 0.225 e. The second-order valence-electron chi connectivity index (χ2n) is 9.15. The molecular formula is C24H34N4O2. The molecule has 162 valence electrons. The molecule has 0 spiro atoms. The molecule has 3 heterocycles. The van der Waals surface area contributed by atoms with Crippen molar-refractivity contribution in [2.75, 3.05) is 44.3 Å². The van der Waals surface area contributed by atoms with Gasteiger partial charge >= 0.3 is 0 Å². The van der Waals surface area contributed by atoms with Crippen molar-refractivity contribution >= 4 is 5.95 Å². The highest BCUT2D eigenvalue weighted by atomic mass is 16.5. The largest absolute Gasteiger partial charge is 0.493 e. The molecule has 1 N–H and O–H groups in total. The van der Waals surface area contributed by atoms with Crippen LogP contribution in [-0.2, 0) is 11.8 Å². The van der Waals surface area contributed by atoms with Crippen LogP contribution >= 0.6 is 0 Å². The molecule has 0 aliphatic carbocycles. The molecule has 6 heteroatoms. The van der Waals surface area contributed by atoms with Crippen LogP contribution in [0.5, 0.6) is 5.75 Å². The standard InChI is InChI=1S/C24H34N4O2/c1-18(20-6-5-19-7-14-30-22(19)15-20)27-9-11-28(12-10-27)23-25-16-21(17-26-23)24(2,3)8-4-13-29/h5-6,15-18,29H,4,7-14H2,1-3H3. The minimum atomic E-state index is -0.0189. The van der Waals surface area contributed by atoms with Crippen LogP contribution in [0.3, 0.4) is 0 Å². The Balaban J connectivity index is 1.35. The zero-order valence-electron chi connectivity index (χ0n) is 18.5. The summed E-state index contributed by atoms with van der Waals surface area (Å²) < 4.78 is 5.75. The molecule has 1 saturated heterocycles. The first-order valence-electron chi connectivity index (χ1n) is 11.2. The number of fused-ring (bicyclic) bond motifs is 1. The van der Waals surface area contributed by atoms with Gasteiger partial charge in [-0.05, 0) is 47.9 Å². The van der Waals surface area contributed by atoms with E-state index in [1.54, 1.807) is 0 Å². The van der Waals surface area contributed by atoms with Crippen molar-refractivity contribution in [2.24, 2.45) is 0 Å². The number of anilines is 1. The second kappa shape index (κ2) is 8.90.